The molecule has 0 saturated heterocycles. The van der Waals surface area contributed by atoms with Crippen LogP contribution in [0.4, 0.5) is 22.7 Å². The van der Waals surface area contributed by atoms with Crippen molar-refractivity contribution >= 4 is 94.3 Å². The topological polar surface area (TPSA) is 238 Å². The third-order valence-corrected chi connectivity index (χ3v) is 10.9. The summed E-state index contributed by atoms with van der Waals surface area (Å²) < 4.78 is 26.8. The van der Waals surface area contributed by atoms with Crippen LogP contribution >= 0.6 is 53.8 Å². The largest absolute Gasteiger partial charge is 0.489 e. The van der Waals surface area contributed by atoms with Crippen LogP contribution in [0, 0.1) is 10.1 Å². The Morgan fingerprint density at radius 1 is 1.02 bits per heavy atom. The van der Waals surface area contributed by atoms with Gasteiger partial charge in [0.2, 0.25) is 5.91 Å². The fraction of sp³-hybridized carbons (Fsp3) is 0.357. The lowest BCUT2D eigenvalue weighted by Gasteiger charge is -2.35. The van der Waals surface area contributed by atoms with Crippen molar-refractivity contribution in [3.63, 3.8) is 0 Å². The van der Waals surface area contributed by atoms with E-state index in [0.29, 0.717) is 18.1 Å². The molecule has 3 unspecified atom stereocenters. The lowest BCUT2D eigenvalue weighted by atomic mass is 10.0. The summed E-state index contributed by atoms with van der Waals surface area (Å²) in [4.78, 5) is 55.0. The third-order valence-electron chi connectivity index (χ3n) is 8.84. The predicted octanol–water partition coefficient (Wildman–Crippen LogP) is 8.90. The van der Waals surface area contributed by atoms with Crippen molar-refractivity contribution in [3.05, 3.63) is 111 Å². The number of nitrogens with zero attached hydrogens (tertiary/aromatic N) is 3. The first-order valence-corrected chi connectivity index (χ1v) is 23.3. The number of nitro benzene ring substituents is 1. The van der Waals surface area contributed by atoms with Crippen molar-refractivity contribution in [2.45, 2.75) is 57.0 Å². The highest BCUT2D eigenvalue weighted by Gasteiger charge is 2.32. The number of benzene rings is 4. The van der Waals surface area contributed by atoms with Gasteiger partial charge in [-0.3, -0.25) is 34.0 Å². The number of methoxy groups -OCH3 is 1. The summed E-state index contributed by atoms with van der Waals surface area (Å²) in [6.07, 6.45) is 1.75. The molecule has 16 nitrogen and oxygen atoms in total. The van der Waals surface area contributed by atoms with Gasteiger partial charge in [-0.15, -0.1) is 11.6 Å². The molecule has 1 aliphatic heterocycles. The van der Waals surface area contributed by atoms with Gasteiger partial charge in [-0.05, 0) is 67.6 Å². The lowest BCUT2D eigenvalue weighted by Crippen LogP contribution is -2.47. The van der Waals surface area contributed by atoms with Gasteiger partial charge in [0, 0.05) is 26.0 Å². The number of carboxylic acid groups (broad SMARTS) is 1. The van der Waals surface area contributed by atoms with Crippen LogP contribution in [0.1, 0.15) is 38.3 Å². The summed E-state index contributed by atoms with van der Waals surface area (Å²) in [5, 5.41) is 19.0. The second kappa shape index (κ2) is 26.9. The van der Waals surface area contributed by atoms with Gasteiger partial charge in [0.15, 0.2) is 12.2 Å². The van der Waals surface area contributed by atoms with Gasteiger partial charge in [-0.25, -0.2) is 0 Å². The molecular formula is C42H52Cl4N5O11P. The maximum atomic E-state index is 12.0. The molecule has 1 aliphatic rings. The Balaban J connectivity index is 0.000000294. The molecule has 4 aromatic rings. The lowest BCUT2D eigenvalue weighted by molar-refractivity contribution is -0.383. The minimum atomic E-state index is -3.10. The molecule has 344 valence electrons. The Hall–Kier alpha value is -4.64. The van der Waals surface area contributed by atoms with Crippen molar-refractivity contribution in [1.29, 1.82) is 0 Å². The molecule has 0 bridgehead atoms. The van der Waals surface area contributed by atoms with Gasteiger partial charge >= 0.3 is 5.97 Å². The molecule has 3 atom stereocenters. The SMILES string of the molecule is CC1COc2ccccc2N1C(=O)C(Cl)Cl.CCc1cccc(CC)c1N(COC)C(=O)CCl.CP(=O)(O)CCC(N)C(=O)O.Nc1c([N+](=O)[O-])ccc(Oc2ccccc2)c1Cl. The van der Waals surface area contributed by atoms with E-state index in [1.165, 1.54) is 18.8 Å². The number of hydrogen-bond acceptors (Lipinski definition) is 11. The second-order valence-electron chi connectivity index (χ2n) is 13.6. The number of anilines is 3. The van der Waals surface area contributed by atoms with Crippen LogP contribution in [0.2, 0.25) is 5.02 Å². The predicted molar refractivity (Wildman–Crippen MR) is 250 cm³/mol. The Bertz CT molecular complexity index is 2160. The molecule has 21 heteroatoms. The van der Waals surface area contributed by atoms with Crippen LogP contribution in [0.15, 0.2) is 84.9 Å². The summed E-state index contributed by atoms with van der Waals surface area (Å²) in [6, 6.07) is 24.0. The van der Waals surface area contributed by atoms with Gasteiger partial charge in [-0.1, -0.05) is 97.2 Å². The Morgan fingerprint density at radius 3 is 2.11 bits per heavy atom. The fourth-order valence-electron chi connectivity index (χ4n) is 5.68. The van der Waals surface area contributed by atoms with Gasteiger partial charge < -0.3 is 40.6 Å². The Labute approximate surface area is 386 Å². The van der Waals surface area contributed by atoms with Crippen LogP contribution in [0.3, 0.4) is 0 Å². The minimum Gasteiger partial charge on any atom is -0.489 e. The van der Waals surface area contributed by atoms with Gasteiger partial charge in [0.05, 0.1) is 22.3 Å². The number of ether oxygens (including phenoxy) is 3. The number of alkyl halides is 3. The first kappa shape index (κ1) is 54.5. The van der Waals surface area contributed by atoms with Gasteiger partial charge in [0.25, 0.3) is 11.6 Å². The zero-order chi connectivity index (χ0) is 47.4. The molecule has 6 N–H and O–H groups in total. The highest BCUT2D eigenvalue weighted by Crippen LogP contribution is 2.39. The number of nitrogens with two attached hydrogens (primary N) is 2. The molecule has 2 amide bonds. The molecule has 0 saturated carbocycles. The second-order valence-corrected chi connectivity index (χ2v) is 17.9. The number of carbonyl (C=O) groups is 3. The number of carboxylic acids is 1. The number of hydrogen-bond donors (Lipinski definition) is 4. The number of aliphatic carboxylic acids is 1. The van der Waals surface area contributed by atoms with Gasteiger partial charge in [0.1, 0.15) is 53.2 Å². The molecule has 63 heavy (non-hydrogen) atoms. The maximum Gasteiger partial charge on any atom is 0.320 e. The minimum absolute atomic E-state index is 0.0352. The van der Waals surface area contributed by atoms with E-state index in [2.05, 4.69) is 13.8 Å². The average Bonchev–Trinajstić information content (AvgIpc) is 3.26. The van der Waals surface area contributed by atoms with E-state index in [-0.39, 0.29) is 65.2 Å². The van der Waals surface area contributed by atoms with E-state index in [1.54, 1.807) is 41.2 Å². The monoisotopic (exact) mass is 973 g/mol. The quantitative estimate of drug-likeness (QED) is 0.0231. The fourth-order valence-corrected chi connectivity index (χ4v) is 6.99. The molecule has 4 aromatic carbocycles. The van der Waals surface area contributed by atoms with E-state index in [9.17, 15) is 29.1 Å². The smallest absolute Gasteiger partial charge is 0.320 e. The highest BCUT2D eigenvalue weighted by molar-refractivity contribution is 7.57. The summed E-state index contributed by atoms with van der Waals surface area (Å²) in [7, 11) is -1.52. The van der Waals surface area contributed by atoms with Crippen LogP contribution < -0.4 is 30.7 Å². The van der Waals surface area contributed by atoms with Crippen molar-refractivity contribution in [2.75, 3.05) is 54.7 Å². The summed E-state index contributed by atoms with van der Waals surface area (Å²) in [5.74, 6) is -0.0782. The normalized spacial score (nSPS) is 14.0. The number of para-hydroxylation sites is 4. The van der Waals surface area contributed by atoms with E-state index >= 15 is 0 Å². The Morgan fingerprint density at radius 2 is 1.60 bits per heavy atom. The molecule has 0 radical (unpaired) electrons. The molecule has 0 aliphatic carbocycles. The van der Waals surface area contributed by atoms with E-state index in [1.807, 2.05) is 55.5 Å². The van der Waals surface area contributed by atoms with Crippen molar-refractivity contribution in [1.82, 2.24) is 0 Å². The average molecular weight is 976 g/mol. The first-order valence-electron chi connectivity index (χ1n) is 19.2. The maximum absolute atomic E-state index is 12.0. The number of halogens is 4. The van der Waals surface area contributed by atoms with Gasteiger partial charge in [-0.2, -0.15) is 0 Å². The van der Waals surface area contributed by atoms with E-state index < -0.39 is 29.1 Å². The molecule has 0 aromatic heterocycles. The molecule has 0 fully saturated rings. The number of rotatable bonds is 14. The summed E-state index contributed by atoms with van der Waals surface area (Å²) in [6.45, 7) is 7.91. The van der Waals surface area contributed by atoms with Crippen LogP contribution in [0.5, 0.6) is 17.2 Å². The molecular weight excluding hydrogens is 923 g/mol. The Kier molecular flexibility index (Phi) is 23.2. The number of nitro groups is 1. The first-order chi connectivity index (χ1) is 29.7. The molecule has 1 heterocycles. The van der Waals surface area contributed by atoms with Crippen molar-refractivity contribution in [3.8, 4) is 17.2 Å². The van der Waals surface area contributed by atoms with Crippen molar-refractivity contribution in [2.24, 2.45) is 5.73 Å². The zero-order valence-corrected chi connectivity index (χ0v) is 39.2. The van der Waals surface area contributed by atoms with Crippen LogP contribution in [0.25, 0.3) is 0 Å². The number of carbonyl (C=O) groups excluding carboxylic acids is 2. The van der Waals surface area contributed by atoms with Crippen LogP contribution in [-0.4, -0.2) is 88.8 Å². The molecule has 0 spiro atoms. The number of aryl methyl sites for hydroxylation is 2. The highest BCUT2D eigenvalue weighted by atomic mass is 35.5. The molecule has 5 rings (SSSR count). The number of fused-ring (bicyclic) bond motifs is 1. The van der Waals surface area contributed by atoms with E-state index in [4.69, 9.17) is 82.1 Å². The number of amides is 2. The number of nitrogen functional groups attached to an aromatic ring is 1. The van der Waals surface area contributed by atoms with Crippen LogP contribution in [-0.2, 0) is 36.5 Å². The van der Waals surface area contributed by atoms with E-state index in [0.717, 1.165) is 35.3 Å². The van der Waals surface area contributed by atoms with Crippen molar-refractivity contribution < 1.29 is 48.1 Å². The summed E-state index contributed by atoms with van der Waals surface area (Å²) >= 11 is 22.9. The zero-order valence-electron chi connectivity index (χ0n) is 35.3. The standard InChI is InChI=1S/C14H20ClNO2.C12H9ClN2O3.C11H11Cl2NO2.C5H12NO4P/c1-4-11-7-6-8-12(5-2)14(11)16(10-18-3)13(17)9-15;13-11-10(18-8-4-2-1-3-5-8)7-6-9(12(11)14)15(16)17;1-7-6-16-9-5-3-2-4-8(9)14(7)11(15)10(12)13;1-11(9,10)3-2-4(6)5(7)8/h6-8H,4-5,9-10H2,1-3H3;1-7H,14H2;2-5,7,10H,6H2,1H3;4H,2-3,6H2,1H3,(H,7,8)(H,9,10). The summed E-state index contributed by atoms with van der Waals surface area (Å²) in [5.41, 5.74) is 14.3. The third kappa shape index (κ3) is 17.1.